The molecule has 0 unspecified atom stereocenters. The molecule has 0 atom stereocenters. The highest BCUT2D eigenvalue weighted by Crippen LogP contribution is 2.29. The molecule has 4 N–H and O–H groups in total. The van der Waals surface area contributed by atoms with Crippen LogP contribution in [0.5, 0.6) is 0 Å². The lowest BCUT2D eigenvalue weighted by Crippen LogP contribution is -2.16. The predicted molar refractivity (Wildman–Crippen MR) is 79.0 cm³/mol. The van der Waals surface area contributed by atoms with Gasteiger partial charge < -0.3 is 10.7 Å². The van der Waals surface area contributed by atoms with Crippen LogP contribution in [0.3, 0.4) is 0 Å². The van der Waals surface area contributed by atoms with Crippen molar-refractivity contribution in [3.63, 3.8) is 0 Å². The quantitative estimate of drug-likeness (QED) is 0.598. The molecule has 0 spiro atoms. The third-order valence-electron chi connectivity index (χ3n) is 2.53. The zero-order valence-electron chi connectivity index (χ0n) is 10.4. The molecule has 0 bridgehead atoms. The molecule has 6 nitrogen and oxygen atoms in total. The first kappa shape index (κ1) is 14.5. The molecule has 2 aromatic rings. The molecular weight excluding hydrogens is 301 g/mol. The summed E-state index contributed by atoms with van der Waals surface area (Å²) in [5.74, 6) is 5.08. The summed E-state index contributed by atoms with van der Waals surface area (Å²) in [6.45, 7) is 1.82. The van der Waals surface area contributed by atoms with E-state index in [1.54, 1.807) is 12.1 Å². The number of aromatic nitrogens is 2. The Morgan fingerprint density at radius 3 is 2.55 bits per heavy atom. The van der Waals surface area contributed by atoms with Crippen LogP contribution in [0.25, 0.3) is 0 Å². The number of hydrazine groups is 1. The van der Waals surface area contributed by atoms with E-state index in [2.05, 4.69) is 20.7 Å². The lowest BCUT2D eigenvalue weighted by atomic mass is 10.2. The highest BCUT2D eigenvalue weighted by atomic mass is 35.5. The Morgan fingerprint density at radius 1 is 1.20 bits per heavy atom. The van der Waals surface area contributed by atoms with E-state index in [-0.39, 0.29) is 5.69 Å². The van der Waals surface area contributed by atoms with E-state index in [1.165, 1.54) is 12.4 Å². The lowest BCUT2D eigenvalue weighted by molar-refractivity contribution is 0.102. The number of benzene rings is 1. The smallest absolute Gasteiger partial charge is 0.275 e. The first-order chi connectivity index (χ1) is 9.51. The number of nitrogen functional groups attached to an aromatic ring is 1. The van der Waals surface area contributed by atoms with E-state index in [9.17, 15) is 4.79 Å². The van der Waals surface area contributed by atoms with Crippen LogP contribution in [0.2, 0.25) is 10.0 Å². The van der Waals surface area contributed by atoms with E-state index in [0.717, 1.165) is 5.56 Å². The number of carbonyl (C=O) groups excluding carboxylic acids is 1. The van der Waals surface area contributed by atoms with Crippen molar-refractivity contribution in [3.05, 3.63) is 45.8 Å². The SMILES string of the molecule is Cc1cc(Cl)c(NC(=O)c2cnc(NN)cn2)cc1Cl. The van der Waals surface area contributed by atoms with Crippen LogP contribution >= 0.6 is 23.2 Å². The number of hydrogen-bond acceptors (Lipinski definition) is 5. The number of nitrogens with two attached hydrogens (primary N) is 1. The molecule has 104 valence electrons. The van der Waals surface area contributed by atoms with Crippen molar-refractivity contribution >= 4 is 40.6 Å². The zero-order chi connectivity index (χ0) is 14.7. The third-order valence-corrected chi connectivity index (χ3v) is 3.25. The monoisotopic (exact) mass is 311 g/mol. The molecule has 1 heterocycles. The summed E-state index contributed by atoms with van der Waals surface area (Å²) in [4.78, 5) is 19.8. The highest BCUT2D eigenvalue weighted by Gasteiger charge is 2.12. The molecular formula is C12H11Cl2N5O. The maximum atomic E-state index is 12.0. The van der Waals surface area contributed by atoms with Gasteiger partial charge in [0.1, 0.15) is 5.69 Å². The van der Waals surface area contributed by atoms with Gasteiger partial charge in [0.15, 0.2) is 5.82 Å². The van der Waals surface area contributed by atoms with Crippen molar-refractivity contribution in [1.29, 1.82) is 0 Å². The minimum absolute atomic E-state index is 0.136. The van der Waals surface area contributed by atoms with Gasteiger partial charge in [-0.05, 0) is 24.6 Å². The molecule has 1 aromatic carbocycles. The van der Waals surface area contributed by atoms with E-state index >= 15 is 0 Å². The molecule has 0 saturated carbocycles. The van der Waals surface area contributed by atoms with Crippen molar-refractivity contribution in [2.45, 2.75) is 6.92 Å². The summed E-state index contributed by atoms with van der Waals surface area (Å²) in [6.07, 6.45) is 2.65. The summed E-state index contributed by atoms with van der Waals surface area (Å²) in [5, 5.41) is 3.53. The summed E-state index contributed by atoms with van der Waals surface area (Å²) >= 11 is 12.0. The van der Waals surface area contributed by atoms with Gasteiger partial charge in [-0.1, -0.05) is 23.2 Å². The normalized spacial score (nSPS) is 10.2. The van der Waals surface area contributed by atoms with Crippen molar-refractivity contribution in [2.24, 2.45) is 5.84 Å². The number of nitrogens with one attached hydrogen (secondary N) is 2. The van der Waals surface area contributed by atoms with Crippen LogP contribution in [-0.4, -0.2) is 15.9 Å². The topological polar surface area (TPSA) is 92.9 Å². The standard InChI is InChI=1S/C12H11Cl2N5O/c1-6-2-8(14)9(3-7(6)13)18-12(20)10-4-17-11(19-15)5-16-10/h2-5H,15H2,1H3,(H,17,19)(H,18,20). The average molecular weight is 312 g/mol. The molecule has 0 aliphatic rings. The number of amides is 1. The number of anilines is 2. The predicted octanol–water partition coefficient (Wildman–Crippen LogP) is 2.63. The Balaban J connectivity index is 2.20. The number of carbonyl (C=O) groups is 1. The summed E-state index contributed by atoms with van der Waals surface area (Å²) in [7, 11) is 0. The van der Waals surface area contributed by atoms with Gasteiger partial charge in [0.2, 0.25) is 0 Å². The fraction of sp³-hybridized carbons (Fsp3) is 0.0833. The van der Waals surface area contributed by atoms with E-state index in [0.29, 0.717) is 21.6 Å². The van der Waals surface area contributed by atoms with Gasteiger partial charge in [0.25, 0.3) is 5.91 Å². The largest absolute Gasteiger partial charge is 0.319 e. The Morgan fingerprint density at radius 2 is 1.95 bits per heavy atom. The summed E-state index contributed by atoms with van der Waals surface area (Å²) in [6, 6.07) is 3.26. The minimum atomic E-state index is -0.442. The number of aryl methyl sites for hydroxylation is 1. The first-order valence-corrected chi connectivity index (χ1v) is 6.32. The maximum absolute atomic E-state index is 12.0. The fourth-order valence-corrected chi connectivity index (χ4v) is 1.88. The van der Waals surface area contributed by atoms with Crippen molar-refractivity contribution < 1.29 is 4.79 Å². The zero-order valence-corrected chi connectivity index (χ0v) is 12.0. The van der Waals surface area contributed by atoms with Crippen LogP contribution in [0.15, 0.2) is 24.5 Å². The average Bonchev–Trinajstić information content (AvgIpc) is 2.44. The molecule has 0 fully saturated rings. The van der Waals surface area contributed by atoms with Crippen LogP contribution in [0.4, 0.5) is 11.5 Å². The van der Waals surface area contributed by atoms with Gasteiger partial charge >= 0.3 is 0 Å². The number of nitrogens with zero attached hydrogens (tertiary/aromatic N) is 2. The van der Waals surface area contributed by atoms with Gasteiger partial charge in [-0.3, -0.25) is 4.79 Å². The Kier molecular flexibility index (Phi) is 4.39. The highest BCUT2D eigenvalue weighted by molar-refractivity contribution is 6.36. The molecule has 20 heavy (non-hydrogen) atoms. The molecule has 1 aromatic heterocycles. The second kappa shape index (κ2) is 6.04. The Labute approximate surface area is 125 Å². The van der Waals surface area contributed by atoms with Crippen molar-refractivity contribution in [1.82, 2.24) is 9.97 Å². The second-order valence-electron chi connectivity index (χ2n) is 3.97. The number of rotatable bonds is 3. The van der Waals surface area contributed by atoms with Crippen molar-refractivity contribution in [3.8, 4) is 0 Å². The molecule has 0 radical (unpaired) electrons. The molecule has 2 rings (SSSR count). The molecule has 1 amide bonds. The maximum Gasteiger partial charge on any atom is 0.275 e. The molecule has 8 heteroatoms. The first-order valence-electron chi connectivity index (χ1n) is 5.57. The molecule has 0 aliphatic heterocycles. The van der Waals surface area contributed by atoms with Gasteiger partial charge in [0.05, 0.1) is 23.1 Å². The Hall–Kier alpha value is -1.89. The Bertz CT molecular complexity index is 645. The number of hydrogen-bond donors (Lipinski definition) is 3. The van der Waals surface area contributed by atoms with E-state index in [1.807, 2.05) is 6.92 Å². The van der Waals surface area contributed by atoms with Gasteiger partial charge in [-0.25, -0.2) is 15.8 Å². The summed E-state index contributed by atoms with van der Waals surface area (Å²) in [5.41, 5.74) is 3.70. The number of halogens is 2. The third kappa shape index (κ3) is 3.16. The molecule has 0 saturated heterocycles. The van der Waals surface area contributed by atoms with Gasteiger partial charge in [0, 0.05) is 5.02 Å². The van der Waals surface area contributed by atoms with Crippen LogP contribution in [-0.2, 0) is 0 Å². The van der Waals surface area contributed by atoms with E-state index in [4.69, 9.17) is 29.0 Å². The second-order valence-corrected chi connectivity index (χ2v) is 4.78. The molecule has 0 aliphatic carbocycles. The van der Waals surface area contributed by atoms with Crippen molar-refractivity contribution in [2.75, 3.05) is 10.7 Å². The summed E-state index contributed by atoms with van der Waals surface area (Å²) < 4.78 is 0. The lowest BCUT2D eigenvalue weighted by Gasteiger charge is -2.09. The van der Waals surface area contributed by atoms with Gasteiger partial charge in [-0.2, -0.15) is 0 Å². The van der Waals surface area contributed by atoms with Crippen LogP contribution in [0.1, 0.15) is 16.1 Å². The minimum Gasteiger partial charge on any atom is -0.319 e. The fourth-order valence-electron chi connectivity index (χ4n) is 1.45. The van der Waals surface area contributed by atoms with E-state index < -0.39 is 5.91 Å². The van der Waals surface area contributed by atoms with Gasteiger partial charge in [-0.15, -0.1) is 0 Å². The van der Waals surface area contributed by atoms with Crippen LogP contribution in [0, 0.1) is 6.92 Å². The van der Waals surface area contributed by atoms with Crippen LogP contribution < -0.4 is 16.6 Å².